The fourth-order valence-electron chi connectivity index (χ4n) is 1.19. The number of ether oxygens (including phenoxy) is 1. The van der Waals surface area contributed by atoms with E-state index < -0.39 is 12.1 Å². The molecule has 1 N–H and O–H groups in total. The van der Waals surface area contributed by atoms with Gasteiger partial charge >= 0.3 is 5.97 Å². The van der Waals surface area contributed by atoms with Crippen molar-refractivity contribution in [3.8, 4) is 0 Å². The third-order valence-electron chi connectivity index (χ3n) is 2.05. The van der Waals surface area contributed by atoms with Crippen LogP contribution in [0.25, 0.3) is 5.57 Å². The van der Waals surface area contributed by atoms with Gasteiger partial charge in [-0.25, -0.2) is 4.79 Å². The highest BCUT2D eigenvalue weighted by atomic mass is 35.5. The second-order valence-electron chi connectivity index (χ2n) is 3.19. The summed E-state index contributed by atoms with van der Waals surface area (Å²) in [5.74, 6) is -0.692. The number of hydrogen-bond acceptors (Lipinski definition) is 3. The molecule has 4 heteroatoms. The fraction of sp³-hybridized carbons (Fsp3) is 0.250. The van der Waals surface area contributed by atoms with E-state index in [1.165, 1.54) is 0 Å². The molecule has 0 bridgehead atoms. The number of carbonyl (C=O) groups excluding carboxylic acids is 1. The summed E-state index contributed by atoms with van der Waals surface area (Å²) in [6, 6.07) is 6.71. The zero-order valence-electron chi connectivity index (χ0n) is 8.94. The van der Waals surface area contributed by atoms with Gasteiger partial charge in [-0.15, -0.1) is 0 Å². The lowest BCUT2D eigenvalue weighted by molar-refractivity contribution is -0.149. The summed E-state index contributed by atoms with van der Waals surface area (Å²) >= 11 is 5.72. The molecule has 16 heavy (non-hydrogen) atoms. The van der Waals surface area contributed by atoms with Crippen molar-refractivity contribution >= 4 is 23.1 Å². The Morgan fingerprint density at radius 1 is 1.50 bits per heavy atom. The predicted molar refractivity (Wildman–Crippen MR) is 63.1 cm³/mol. The van der Waals surface area contributed by atoms with Crippen LogP contribution >= 0.6 is 11.6 Å². The van der Waals surface area contributed by atoms with E-state index in [9.17, 15) is 9.90 Å². The molecule has 0 aliphatic rings. The molecule has 0 saturated heterocycles. The van der Waals surface area contributed by atoms with E-state index >= 15 is 0 Å². The van der Waals surface area contributed by atoms with Gasteiger partial charge in [0.05, 0.1) is 6.61 Å². The van der Waals surface area contributed by atoms with E-state index in [0.29, 0.717) is 16.2 Å². The van der Waals surface area contributed by atoms with Crippen LogP contribution in [0.2, 0.25) is 5.02 Å². The summed E-state index contributed by atoms with van der Waals surface area (Å²) in [4.78, 5) is 11.3. The third kappa shape index (κ3) is 3.08. The third-order valence-corrected chi connectivity index (χ3v) is 2.31. The molecule has 1 aromatic rings. The predicted octanol–water partition coefficient (Wildman–Crippen LogP) is 2.28. The number of carbonyl (C=O) groups is 1. The number of aliphatic hydroxyl groups is 1. The molecule has 0 aromatic heterocycles. The highest BCUT2D eigenvalue weighted by Gasteiger charge is 2.20. The highest BCUT2D eigenvalue weighted by Crippen LogP contribution is 2.19. The molecular weight excluding hydrogens is 228 g/mol. The second kappa shape index (κ2) is 5.68. The molecule has 1 unspecified atom stereocenters. The fourth-order valence-corrected chi connectivity index (χ4v) is 1.31. The largest absolute Gasteiger partial charge is 0.464 e. The smallest absolute Gasteiger partial charge is 0.339 e. The summed E-state index contributed by atoms with van der Waals surface area (Å²) in [7, 11) is 0. The first kappa shape index (κ1) is 12.7. The molecule has 0 radical (unpaired) electrons. The molecular formula is C12H13ClO3. The zero-order valence-corrected chi connectivity index (χ0v) is 9.70. The number of hydrogen-bond donors (Lipinski definition) is 1. The first-order valence-electron chi connectivity index (χ1n) is 4.85. The van der Waals surface area contributed by atoms with Gasteiger partial charge in [0.25, 0.3) is 0 Å². The molecule has 86 valence electrons. The molecule has 0 saturated carbocycles. The molecule has 1 atom stereocenters. The van der Waals surface area contributed by atoms with Crippen LogP contribution < -0.4 is 0 Å². The van der Waals surface area contributed by atoms with Gasteiger partial charge in [0.1, 0.15) is 0 Å². The lowest BCUT2D eigenvalue weighted by Gasteiger charge is -2.12. The molecule has 0 spiro atoms. The minimum atomic E-state index is -1.33. The minimum absolute atomic E-state index is 0.226. The van der Waals surface area contributed by atoms with E-state index in [4.69, 9.17) is 16.3 Å². The van der Waals surface area contributed by atoms with Gasteiger partial charge in [0.2, 0.25) is 0 Å². The molecule has 3 nitrogen and oxygen atoms in total. The van der Waals surface area contributed by atoms with Crippen LogP contribution in [-0.4, -0.2) is 23.8 Å². The lowest BCUT2D eigenvalue weighted by Crippen LogP contribution is -2.24. The average Bonchev–Trinajstić information content (AvgIpc) is 2.28. The van der Waals surface area contributed by atoms with Crippen LogP contribution in [0, 0.1) is 0 Å². The van der Waals surface area contributed by atoms with Gasteiger partial charge in [-0.2, -0.15) is 0 Å². The Morgan fingerprint density at radius 3 is 2.56 bits per heavy atom. The van der Waals surface area contributed by atoms with E-state index in [2.05, 4.69) is 6.58 Å². The second-order valence-corrected chi connectivity index (χ2v) is 3.62. The number of esters is 1. The van der Waals surface area contributed by atoms with Crippen LogP contribution in [-0.2, 0) is 9.53 Å². The normalized spacial score (nSPS) is 11.9. The average molecular weight is 241 g/mol. The number of aliphatic hydroxyl groups excluding tert-OH is 1. The van der Waals surface area contributed by atoms with E-state index in [0.717, 1.165) is 0 Å². The molecule has 1 rings (SSSR count). The zero-order chi connectivity index (χ0) is 12.1. The van der Waals surface area contributed by atoms with Crippen LogP contribution in [0.1, 0.15) is 12.5 Å². The Labute approximate surface area is 99.3 Å². The van der Waals surface area contributed by atoms with E-state index in [1.54, 1.807) is 31.2 Å². The van der Waals surface area contributed by atoms with Crippen LogP contribution in [0.3, 0.4) is 0 Å². The Bertz CT molecular complexity index is 384. The Kier molecular flexibility index (Phi) is 4.52. The molecule has 0 aliphatic carbocycles. The number of benzene rings is 1. The van der Waals surface area contributed by atoms with Gasteiger partial charge in [-0.3, -0.25) is 0 Å². The summed E-state index contributed by atoms with van der Waals surface area (Å²) in [5, 5.41) is 10.2. The Hall–Kier alpha value is -1.32. The maximum atomic E-state index is 11.3. The Balaban J connectivity index is 2.78. The van der Waals surface area contributed by atoms with Gasteiger partial charge in [0.15, 0.2) is 6.10 Å². The quantitative estimate of drug-likeness (QED) is 0.822. The topological polar surface area (TPSA) is 46.5 Å². The molecule has 0 fully saturated rings. The van der Waals surface area contributed by atoms with Crippen LogP contribution in [0.4, 0.5) is 0 Å². The van der Waals surface area contributed by atoms with E-state index in [1.807, 2.05) is 0 Å². The van der Waals surface area contributed by atoms with Crippen molar-refractivity contribution in [2.24, 2.45) is 0 Å². The molecule has 0 heterocycles. The first-order chi connectivity index (χ1) is 7.56. The van der Waals surface area contributed by atoms with Crippen molar-refractivity contribution in [2.75, 3.05) is 6.61 Å². The molecule has 0 aliphatic heterocycles. The summed E-state index contributed by atoms with van der Waals surface area (Å²) < 4.78 is 4.69. The van der Waals surface area contributed by atoms with Crippen molar-refractivity contribution in [1.29, 1.82) is 0 Å². The van der Waals surface area contributed by atoms with Crippen molar-refractivity contribution in [2.45, 2.75) is 13.0 Å². The first-order valence-corrected chi connectivity index (χ1v) is 5.23. The number of halogens is 1. The number of rotatable bonds is 4. The van der Waals surface area contributed by atoms with Crippen molar-refractivity contribution in [3.05, 3.63) is 41.4 Å². The van der Waals surface area contributed by atoms with Crippen molar-refractivity contribution < 1.29 is 14.6 Å². The van der Waals surface area contributed by atoms with Gasteiger partial charge in [0, 0.05) is 5.02 Å². The molecule has 1 aromatic carbocycles. The standard InChI is InChI=1S/C12H13ClO3/c1-3-16-12(15)11(14)8(2)9-4-6-10(13)7-5-9/h4-7,11,14H,2-3H2,1H3. The highest BCUT2D eigenvalue weighted by molar-refractivity contribution is 6.30. The van der Waals surface area contributed by atoms with Crippen LogP contribution in [0.15, 0.2) is 30.8 Å². The summed E-state index contributed by atoms with van der Waals surface area (Å²) in [5.41, 5.74) is 0.958. The van der Waals surface area contributed by atoms with Crippen LogP contribution in [0.5, 0.6) is 0 Å². The van der Waals surface area contributed by atoms with Gasteiger partial charge in [-0.05, 0) is 30.2 Å². The minimum Gasteiger partial charge on any atom is -0.464 e. The Morgan fingerprint density at radius 2 is 2.06 bits per heavy atom. The maximum absolute atomic E-state index is 11.3. The SMILES string of the molecule is C=C(c1ccc(Cl)cc1)C(O)C(=O)OCC. The van der Waals surface area contributed by atoms with Gasteiger partial charge in [-0.1, -0.05) is 30.3 Å². The van der Waals surface area contributed by atoms with Crippen molar-refractivity contribution in [3.63, 3.8) is 0 Å². The molecule has 0 amide bonds. The van der Waals surface area contributed by atoms with Gasteiger partial charge < -0.3 is 9.84 Å². The van der Waals surface area contributed by atoms with Crippen molar-refractivity contribution in [1.82, 2.24) is 0 Å². The van der Waals surface area contributed by atoms with E-state index in [-0.39, 0.29) is 6.61 Å². The maximum Gasteiger partial charge on any atom is 0.339 e. The summed E-state index contributed by atoms with van der Waals surface area (Å²) in [6.45, 7) is 5.57. The monoisotopic (exact) mass is 240 g/mol. The lowest BCUT2D eigenvalue weighted by atomic mass is 10.0. The summed E-state index contributed by atoms with van der Waals surface area (Å²) in [6.07, 6.45) is -1.33.